The minimum absolute atomic E-state index is 0.0231. The van der Waals surface area contributed by atoms with Gasteiger partial charge < -0.3 is 0 Å². The van der Waals surface area contributed by atoms with E-state index in [0.29, 0.717) is 9.86 Å². The Morgan fingerprint density at radius 3 is 2.86 bits per heavy atom. The number of pyridine rings is 1. The summed E-state index contributed by atoms with van der Waals surface area (Å²) < 4.78 is 0.712. The highest BCUT2D eigenvalue weighted by atomic mass is 79.9. The van der Waals surface area contributed by atoms with Gasteiger partial charge in [-0.1, -0.05) is 12.1 Å². The van der Waals surface area contributed by atoms with E-state index in [0.717, 1.165) is 5.39 Å². The molecular weight excluding hydrogens is 248 g/mol. The van der Waals surface area contributed by atoms with Crippen LogP contribution in [0.25, 0.3) is 10.8 Å². The fourth-order valence-corrected chi connectivity index (χ4v) is 1.89. The second-order valence-corrected chi connectivity index (χ2v) is 3.61. The van der Waals surface area contributed by atoms with E-state index in [9.17, 15) is 10.1 Å². The fraction of sp³-hybridized carbons (Fsp3) is 0. The minimum atomic E-state index is -0.430. The molecule has 0 saturated carbocycles. The number of halogens is 1. The van der Waals surface area contributed by atoms with Gasteiger partial charge >= 0.3 is 0 Å². The second kappa shape index (κ2) is 3.34. The first-order valence-electron chi connectivity index (χ1n) is 3.87. The van der Waals surface area contributed by atoms with Crippen molar-refractivity contribution in [1.82, 2.24) is 4.98 Å². The van der Waals surface area contributed by atoms with Gasteiger partial charge in [0.2, 0.25) is 0 Å². The molecule has 4 nitrogen and oxygen atoms in total. The topological polar surface area (TPSA) is 56.0 Å². The Hall–Kier alpha value is -1.49. The SMILES string of the molecule is O=[N+]([O-])c1cncc2cccc(Br)c12. The number of benzene rings is 1. The Morgan fingerprint density at radius 2 is 2.14 bits per heavy atom. The Kier molecular flexibility index (Phi) is 2.17. The highest BCUT2D eigenvalue weighted by Gasteiger charge is 2.13. The van der Waals surface area contributed by atoms with Crippen molar-refractivity contribution in [1.29, 1.82) is 0 Å². The lowest BCUT2D eigenvalue weighted by Gasteiger charge is -2.00. The third-order valence-electron chi connectivity index (χ3n) is 1.91. The Labute approximate surface area is 87.9 Å². The Balaban J connectivity index is 2.91. The van der Waals surface area contributed by atoms with Crippen LogP contribution in [0.2, 0.25) is 0 Å². The predicted octanol–water partition coefficient (Wildman–Crippen LogP) is 2.91. The number of rotatable bonds is 1. The molecule has 0 atom stereocenters. The normalized spacial score (nSPS) is 10.4. The standard InChI is InChI=1S/C9H5BrN2O2/c10-7-3-1-2-6-4-11-5-8(9(6)7)12(13)14/h1-5H. The molecule has 1 aromatic carbocycles. The van der Waals surface area contributed by atoms with E-state index in [2.05, 4.69) is 20.9 Å². The summed E-state index contributed by atoms with van der Waals surface area (Å²) in [6, 6.07) is 5.38. The number of hydrogen-bond acceptors (Lipinski definition) is 3. The maximum Gasteiger partial charge on any atom is 0.296 e. The molecule has 0 N–H and O–H groups in total. The van der Waals surface area contributed by atoms with Gasteiger partial charge in [0.15, 0.2) is 0 Å². The van der Waals surface area contributed by atoms with Crippen LogP contribution < -0.4 is 0 Å². The number of fused-ring (bicyclic) bond motifs is 1. The van der Waals surface area contributed by atoms with Crippen LogP contribution in [-0.4, -0.2) is 9.91 Å². The molecule has 70 valence electrons. The van der Waals surface area contributed by atoms with E-state index < -0.39 is 4.92 Å². The van der Waals surface area contributed by atoms with Gasteiger partial charge in [-0.2, -0.15) is 0 Å². The molecule has 0 aliphatic carbocycles. The lowest BCUT2D eigenvalue weighted by atomic mass is 10.1. The van der Waals surface area contributed by atoms with Crippen molar-refractivity contribution < 1.29 is 4.92 Å². The molecule has 0 spiro atoms. The molecule has 0 aliphatic rings. The summed E-state index contributed by atoms with van der Waals surface area (Å²) in [6.45, 7) is 0. The number of aromatic nitrogens is 1. The predicted molar refractivity (Wildman–Crippen MR) is 56.1 cm³/mol. The molecule has 14 heavy (non-hydrogen) atoms. The average Bonchev–Trinajstić information content (AvgIpc) is 2.17. The highest BCUT2D eigenvalue weighted by Crippen LogP contribution is 2.30. The Morgan fingerprint density at radius 1 is 1.36 bits per heavy atom. The first-order chi connectivity index (χ1) is 6.70. The zero-order chi connectivity index (χ0) is 10.1. The first kappa shape index (κ1) is 9.08. The fourth-order valence-electron chi connectivity index (χ4n) is 1.31. The molecule has 0 bridgehead atoms. The third kappa shape index (κ3) is 1.35. The van der Waals surface area contributed by atoms with Crippen LogP contribution in [0.5, 0.6) is 0 Å². The molecule has 0 radical (unpaired) electrons. The van der Waals surface area contributed by atoms with E-state index in [1.807, 2.05) is 6.07 Å². The van der Waals surface area contributed by atoms with Gasteiger partial charge in [-0.3, -0.25) is 15.1 Å². The van der Waals surface area contributed by atoms with Crippen molar-refractivity contribution in [2.75, 3.05) is 0 Å². The van der Waals surface area contributed by atoms with Crippen LogP contribution in [0.15, 0.2) is 35.1 Å². The van der Waals surface area contributed by atoms with Crippen LogP contribution in [0.4, 0.5) is 5.69 Å². The lowest BCUT2D eigenvalue weighted by Crippen LogP contribution is -1.91. The van der Waals surface area contributed by atoms with Crippen LogP contribution in [-0.2, 0) is 0 Å². The van der Waals surface area contributed by atoms with Gasteiger partial charge in [0.05, 0.1) is 10.3 Å². The molecule has 0 amide bonds. The van der Waals surface area contributed by atoms with Crippen LogP contribution >= 0.6 is 15.9 Å². The van der Waals surface area contributed by atoms with Crippen molar-refractivity contribution in [2.24, 2.45) is 0 Å². The molecule has 2 aromatic rings. The van der Waals surface area contributed by atoms with Crippen LogP contribution in [0.1, 0.15) is 0 Å². The summed E-state index contributed by atoms with van der Waals surface area (Å²) in [5.74, 6) is 0. The van der Waals surface area contributed by atoms with Gasteiger partial charge in [0, 0.05) is 16.1 Å². The van der Waals surface area contributed by atoms with Gasteiger partial charge in [0.1, 0.15) is 6.20 Å². The third-order valence-corrected chi connectivity index (χ3v) is 2.57. The molecule has 1 aromatic heterocycles. The molecule has 0 fully saturated rings. The van der Waals surface area contributed by atoms with Gasteiger partial charge in [-0.25, -0.2) is 0 Å². The van der Waals surface area contributed by atoms with Gasteiger partial charge in [-0.15, -0.1) is 0 Å². The van der Waals surface area contributed by atoms with E-state index in [-0.39, 0.29) is 5.69 Å². The second-order valence-electron chi connectivity index (χ2n) is 2.75. The summed E-state index contributed by atoms with van der Waals surface area (Å²) in [7, 11) is 0. The summed E-state index contributed by atoms with van der Waals surface area (Å²) in [4.78, 5) is 14.1. The molecule has 1 heterocycles. The maximum atomic E-state index is 10.7. The van der Waals surface area contributed by atoms with E-state index in [4.69, 9.17) is 0 Å². The van der Waals surface area contributed by atoms with Crippen LogP contribution in [0, 0.1) is 10.1 Å². The molecule has 0 saturated heterocycles. The van der Waals surface area contributed by atoms with Crippen molar-refractivity contribution in [3.8, 4) is 0 Å². The van der Waals surface area contributed by atoms with Crippen LogP contribution in [0.3, 0.4) is 0 Å². The summed E-state index contributed by atoms with van der Waals surface area (Å²) >= 11 is 3.28. The molecule has 2 rings (SSSR count). The number of nitro groups is 1. The molecule has 5 heteroatoms. The van der Waals surface area contributed by atoms with E-state index in [1.165, 1.54) is 6.20 Å². The minimum Gasteiger partial charge on any atom is -0.258 e. The zero-order valence-corrected chi connectivity index (χ0v) is 8.56. The first-order valence-corrected chi connectivity index (χ1v) is 4.66. The van der Waals surface area contributed by atoms with Gasteiger partial charge in [-0.05, 0) is 22.0 Å². The molecule has 0 unspecified atom stereocenters. The van der Waals surface area contributed by atoms with Crippen molar-refractivity contribution in [2.45, 2.75) is 0 Å². The largest absolute Gasteiger partial charge is 0.296 e. The molecule has 0 aliphatic heterocycles. The average molecular weight is 253 g/mol. The van der Waals surface area contributed by atoms with E-state index in [1.54, 1.807) is 18.3 Å². The van der Waals surface area contributed by atoms with Gasteiger partial charge in [0.25, 0.3) is 5.69 Å². The smallest absolute Gasteiger partial charge is 0.258 e. The number of nitrogens with zero attached hydrogens (tertiary/aromatic N) is 2. The number of hydrogen-bond donors (Lipinski definition) is 0. The lowest BCUT2D eigenvalue weighted by molar-refractivity contribution is -0.383. The quantitative estimate of drug-likeness (QED) is 0.579. The summed E-state index contributed by atoms with van der Waals surface area (Å²) in [6.07, 6.45) is 2.86. The maximum absolute atomic E-state index is 10.7. The van der Waals surface area contributed by atoms with Crippen molar-refractivity contribution in [3.63, 3.8) is 0 Å². The monoisotopic (exact) mass is 252 g/mol. The Bertz CT molecular complexity index is 508. The molecular formula is C9H5BrN2O2. The highest BCUT2D eigenvalue weighted by molar-refractivity contribution is 9.10. The summed E-state index contributed by atoms with van der Waals surface area (Å²) in [5, 5.41) is 12.1. The van der Waals surface area contributed by atoms with Crippen molar-refractivity contribution in [3.05, 3.63) is 45.2 Å². The summed E-state index contributed by atoms with van der Waals surface area (Å²) in [5.41, 5.74) is 0.0231. The van der Waals surface area contributed by atoms with Crippen molar-refractivity contribution >= 4 is 32.4 Å². The zero-order valence-electron chi connectivity index (χ0n) is 6.98. The van der Waals surface area contributed by atoms with E-state index >= 15 is 0 Å².